The van der Waals surface area contributed by atoms with Gasteiger partial charge in [0.05, 0.1) is 6.54 Å². The summed E-state index contributed by atoms with van der Waals surface area (Å²) >= 11 is 0. The number of hydrogen-bond acceptors (Lipinski definition) is 4. The van der Waals surface area contributed by atoms with E-state index >= 15 is 0 Å². The average molecular weight is 396 g/mol. The molecule has 0 bridgehead atoms. The minimum Gasteiger partial charge on any atom is -0.336 e. The summed E-state index contributed by atoms with van der Waals surface area (Å²) in [6.45, 7) is 1.83. The van der Waals surface area contributed by atoms with Gasteiger partial charge in [-0.3, -0.25) is 4.79 Å². The van der Waals surface area contributed by atoms with Crippen molar-refractivity contribution in [2.45, 2.75) is 23.8 Å². The van der Waals surface area contributed by atoms with Crippen molar-refractivity contribution in [1.29, 1.82) is 0 Å². The van der Waals surface area contributed by atoms with Gasteiger partial charge in [-0.1, -0.05) is 0 Å². The summed E-state index contributed by atoms with van der Waals surface area (Å²) in [5, 5.41) is 2.98. The average Bonchev–Trinajstić information content (AvgIpc) is 2.55. The highest BCUT2D eigenvalue weighted by molar-refractivity contribution is 7.89. The van der Waals surface area contributed by atoms with Crippen LogP contribution in [0.15, 0.2) is 23.1 Å². The number of amides is 1. The Morgan fingerprint density at radius 1 is 1.20 bits per heavy atom. The molecule has 1 amide bonds. The molecule has 3 rings (SSSR count). The van der Waals surface area contributed by atoms with Crippen LogP contribution in [0.5, 0.6) is 0 Å². The Hall–Kier alpha value is -1.29. The standard InChI is InChI=1S/C15H19F2N3O3S.ClH/c16-11-3-4-14(13(17)8-11)24(22,23)19-6-1-2-12(10-19)20-7-5-18-9-15(20)21;/h3-4,8,12,18H,1-2,5-7,9-10H2;1H. The molecular formula is C15H20ClF2N3O3S. The van der Waals surface area contributed by atoms with Crippen LogP contribution in [0.1, 0.15) is 12.8 Å². The van der Waals surface area contributed by atoms with Gasteiger partial charge in [0.2, 0.25) is 15.9 Å². The summed E-state index contributed by atoms with van der Waals surface area (Å²) in [5.74, 6) is -1.98. The fraction of sp³-hybridized carbons (Fsp3) is 0.533. The summed E-state index contributed by atoms with van der Waals surface area (Å²) < 4.78 is 53.5. The number of piperazine rings is 1. The first-order valence-electron chi connectivity index (χ1n) is 7.85. The van der Waals surface area contributed by atoms with Gasteiger partial charge in [-0.05, 0) is 25.0 Å². The molecule has 0 radical (unpaired) electrons. The lowest BCUT2D eigenvalue weighted by atomic mass is 10.1. The molecule has 0 aliphatic carbocycles. The van der Waals surface area contributed by atoms with Crippen LogP contribution >= 0.6 is 12.4 Å². The number of sulfonamides is 1. The Morgan fingerprint density at radius 2 is 1.96 bits per heavy atom. The maximum absolute atomic E-state index is 13.9. The van der Waals surface area contributed by atoms with Crippen LogP contribution in [0.4, 0.5) is 8.78 Å². The molecule has 0 saturated carbocycles. The van der Waals surface area contributed by atoms with Crippen molar-refractivity contribution in [2.75, 3.05) is 32.7 Å². The number of carbonyl (C=O) groups excluding carboxylic acids is 1. The van der Waals surface area contributed by atoms with Gasteiger partial charge in [0.1, 0.15) is 16.5 Å². The minimum atomic E-state index is -4.06. The van der Waals surface area contributed by atoms with Crippen LogP contribution in [0.3, 0.4) is 0 Å². The van der Waals surface area contributed by atoms with Gasteiger partial charge in [-0.2, -0.15) is 4.31 Å². The van der Waals surface area contributed by atoms with Crippen molar-refractivity contribution in [3.8, 4) is 0 Å². The summed E-state index contributed by atoms with van der Waals surface area (Å²) in [5.41, 5.74) is 0. The number of nitrogens with one attached hydrogen (secondary N) is 1. The number of rotatable bonds is 3. The zero-order valence-corrected chi connectivity index (χ0v) is 15.1. The summed E-state index contributed by atoms with van der Waals surface area (Å²) in [6.07, 6.45) is 1.30. The van der Waals surface area contributed by atoms with Crippen LogP contribution < -0.4 is 5.32 Å². The highest BCUT2D eigenvalue weighted by Gasteiger charge is 2.36. The second kappa shape index (κ2) is 7.94. The zero-order chi connectivity index (χ0) is 17.3. The normalized spacial score (nSPS) is 22.6. The second-order valence-corrected chi connectivity index (χ2v) is 7.90. The third-order valence-electron chi connectivity index (χ3n) is 4.44. The Kier molecular flexibility index (Phi) is 6.36. The predicted molar refractivity (Wildman–Crippen MR) is 90.0 cm³/mol. The minimum absolute atomic E-state index is 0. The van der Waals surface area contributed by atoms with Crippen molar-refractivity contribution >= 4 is 28.3 Å². The van der Waals surface area contributed by atoms with Gasteiger partial charge in [-0.15, -0.1) is 12.4 Å². The molecule has 1 aromatic rings. The molecule has 6 nitrogen and oxygen atoms in total. The van der Waals surface area contributed by atoms with Gasteiger partial charge in [-0.25, -0.2) is 17.2 Å². The van der Waals surface area contributed by atoms with Gasteiger partial charge >= 0.3 is 0 Å². The summed E-state index contributed by atoms with van der Waals surface area (Å²) in [4.78, 5) is 13.2. The van der Waals surface area contributed by atoms with E-state index in [1.807, 2.05) is 0 Å². The van der Waals surface area contributed by atoms with Crippen molar-refractivity contribution in [3.05, 3.63) is 29.8 Å². The van der Waals surface area contributed by atoms with Gasteiger partial charge in [0, 0.05) is 38.3 Å². The number of halogens is 3. The number of piperidine rings is 1. The first kappa shape index (κ1) is 20.0. The SMILES string of the molecule is Cl.O=C1CNCCN1C1CCCN(S(=O)(=O)c2ccc(F)cc2F)C1. The van der Waals surface area contributed by atoms with Gasteiger partial charge < -0.3 is 10.2 Å². The van der Waals surface area contributed by atoms with Crippen LogP contribution in [0.25, 0.3) is 0 Å². The molecule has 1 N–H and O–H groups in total. The number of nitrogens with zero attached hydrogens (tertiary/aromatic N) is 2. The van der Waals surface area contributed by atoms with E-state index in [4.69, 9.17) is 0 Å². The molecule has 1 aromatic carbocycles. The highest BCUT2D eigenvalue weighted by Crippen LogP contribution is 2.25. The molecule has 0 spiro atoms. The Bertz CT molecular complexity index is 748. The third kappa shape index (κ3) is 4.11. The van der Waals surface area contributed by atoms with E-state index in [9.17, 15) is 22.0 Å². The van der Waals surface area contributed by atoms with Crippen LogP contribution in [-0.4, -0.2) is 62.3 Å². The lowest BCUT2D eigenvalue weighted by Gasteiger charge is -2.40. The van der Waals surface area contributed by atoms with E-state index in [1.165, 1.54) is 4.31 Å². The third-order valence-corrected chi connectivity index (χ3v) is 6.34. The quantitative estimate of drug-likeness (QED) is 0.828. The van der Waals surface area contributed by atoms with Crippen molar-refractivity contribution < 1.29 is 22.0 Å². The Balaban J connectivity index is 0.00000225. The predicted octanol–water partition coefficient (Wildman–Crippen LogP) is 0.971. The molecule has 2 aliphatic rings. The summed E-state index contributed by atoms with van der Waals surface area (Å²) in [6, 6.07) is 2.22. The maximum Gasteiger partial charge on any atom is 0.246 e. The summed E-state index contributed by atoms with van der Waals surface area (Å²) in [7, 11) is -4.06. The number of carbonyl (C=O) groups is 1. The Morgan fingerprint density at radius 3 is 2.64 bits per heavy atom. The van der Waals surface area contributed by atoms with Crippen LogP contribution in [0.2, 0.25) is 0 Å². The molecular weight excluding hydrogens is 376 g/mol. The molecule has 140 valence electrons. The van der Waals surface area contributed by atoms with Crippen LogP contribution in [-0.2, 0) is 14.8 Å². The lowest BCUT2D eigenvalue weighted by molar-refractivity contribution is -0.135. The monoisotopic (exact) mass is 395 g/mol. The molecule has 25 heavy (non-hydrogen) atoms. The molecule has 1 unspecified atom stereocenters. The fourth-order valence-electron chi connectivity index (χ4n) is 3.22. The topological polar surface area (TPSA) is 69.7 Å². The molecule has 0 aromatic heterocycles. The first-order valence-corrected chi connectivity index (χ1v) is 9.29. The van der Waals surface area contributed by atoms with E-state index in [1.54, 1.807) is 4.90 Å². The maximum atomic E-state index is 13.9. The van der Waals surface area contributed by atoms with E-state index in [-0.39, 0.29) is 44.0 Å². The second-order valence-electron chi connectivity index (χ2n) is 6.00. The molecule has 10 heteroatoms. The molecule has 2 heterocycles. The fourth-order valence-corrected chi connectivity index (χ4v) is 4.79. The van der Waals surface area contributed by atoms with Gasteiger partial charge in [0.15, 0.2) is 0 Å². The molecule has 2 fully saturated rings. The van der Waals surface area contributed by atoms with Crippen LogP contribution in [0, 0.1) is 11.6 Å². The Labute approximate surface area is 151 Å². The number of hydrogen-bond donors (Lipinski definition) is 1. The van der Waals surface area contributed by atoms with E-state index in [0.717, 1.165) is 12.1 Å². The van der Waals surface area contributed by atoms with E-state index < -0.39 is 26.6 Å². The largest absolute Gasteiger partial charge is 0.336 e. The number of benzene rings is 1. The zero-order valence-electron chi connectivity index (χ0n) is 13.5. The smallest absolute Gasteiger partial charge is 0.246 e. The molecule has 2 aliphatic heterocycles. The highest BCUT2D eigenvalue weighted by atomic mass is 35.5. The van der Waals surface area contributed by atoms with Gasteiger partial charge in [0.25, 0.3) is 0 Å². The van der Waals surface area contributed by atoms with E-state index in [2.05, 4.69) is 5.32 Å². The van der Waals surface area contributed by atoms with Crippen molar-refractivity contribution in [3.63, 3.8) is 0 Å². The van der Waals surface area contributed by atoms with E-state index in [0.29, 0.717) is 32.0 Å². The lowest BCUT2D eigenvalue weighted by Crippen LogP contribution is -2.57. The first-order chi connectivity index (χ1) is 11.4. The van der Waals surface area contributed by atoms with Crippen molar-refractivity contribution in [2.24, 2.45) is 0 Å². The molecule has 2 saturated heterocycles. The molecule has 1 atom stereocenters. The van der Waals surface area contributed by atoms with Crippen molar-refractivity contribution in [1.82, 2.24) is 14.5 Å².